The maximum Gasteiger partial charge on any atom is 0.305 e. The van der Waals surface area contributed by atoms with Crippen LogP contribution in [0.15, 0.2) is 0 Å². The molecule has 0 aromatic heterocycles. The zero-order valence-electron chi connectivity index (χ0n) is 10.6. The fourth-order valence-corrected chi connectivity index (χ4v) is 2.48. The van der Waals surface area contributed by atoms with Crippen LogP contribution in [-0.2, 0) is 9.59 Å². The van der Waals surface area contributed by atoms with Crippen LogP contribution in [0.3, 0.4) is 0 Å². The first-order chi connectivity index (χ1) is 8.08. The normalized spacial score (nSPS) is 19.4. The van der Waals surface area contributed by atoms with Gasteiger partial charge in [-0.25, -0.2) is 0 Å². The number of hydrogen-bond donors (Lipinski definition) is 2. The Labute approximate surface area is 103 Å². The number of carboxylic acid groups (broad SMARTS) is 1. The summed E-state index contributed by atoms with van der Waals surface area (Å²) in [5.74, 6) is -0.368. The van der Waals surface area contributed by atoms with E-state index in [4.69, 9.17) is 5.11 Å². The van der Waals surface area contributed by atoms with Crippen molar-refractivity contribution in [1.29, 1.82) is 0 Å². The van der Waals surface area contributed by atoms with Crippen LogP contribution in [0.2, 0.25) is 0 Å². The number of amides is 1. The maximum absolute atomic E-state index is 11.7. The second-order valence-corrected chi connectivity index (χ2v) is 5.13. The van der Waals surface area contributed by atoms with Gasteiger partial charge >= 0.3 is 5.97 Å². The molecule has 2 N–H and O–H groups in total. The molecule has 0 saturated heterocycles. The largest absolute Gasteiger partial charge is 0.481 e. The van der Waals surface area contributed by atoms with Crippen molar-refractivity contribution < 1.29 is 14.7 Å². The van der Waals surface area contributed by atoms with E-state index in [1.807, 2.05) is 0 Å². The molecule has 1 fully saturated rings. The van der Waals surface area contributed by atoms with E-state index in [-0.39, 0.29) is 18.4 Å². The van der Waals surface area contributed by atoms with Crippen molar-refractivity contribution in [2.24, 2.45) is 5.92 Å². The van der Waals surface area contributed by atoms with Gasteiger partial charge < -0.3 is 10.4 Å². The molecular formula is C13H23NO3. The Morgan fingerprint density at radius 1 is 1.24 bits per heavy atom. The predicted octanol–water partition coefficient (Wildman–Crippen LogP) is 2.33. The van der Waals surface area contributed by atoms with Crippen molar-refractivity contribution in [3.8, 4) is 0 Å². The van der Waals surface area contributed by atoms with Gasteiger partial charge in [0.05, 0.1) is 6.42 Å². The molecule has 1 amide bonds. The lowest BCUT2D eigenvalue weighted by molar-refractivity contribution is -0.137. The number of carbonyl (C=O) groups excluding carboxylic acids is 1. The van der Waals surface area contributed by atoms with Crippen LogP contribution >= 0.6 is 0 Å². The average molecular weight is 241 g/mol. The highest BCUT2D eigenvalue weighted by Crippen LogP contribution is 2.25. The highest BCUT2D eigenvalue weighted by Gasteiger charge is 2.17. The number of carbonyl (C=O) groups is 2. The molecule has 0 aromatic rings. The molecule has 4 heteroatoms. The van der Waals surface area contributed by atoms with Gasteiger partial charge in [0.15, 0.2) is 0 Å². The minimum absolute atomic E-state index is 0.00356. The third-order valence-electron chi connectivity index (χ3n) is 3.34. The van der Waals surface area contributed by atoms with Gasteiger partial charge in [-0.05, 0) is 25.7 Å². The summed E-state index contributed by atoms with van der Waals surface area (Å²) < 4.78 is 0. The van der Waals surface area contributed by atoms with Crippen LogP contribution in [0.5, 0.6) is 0 Å². The van der Waals surface area contributed by atoms with E-state index in [9.17, 15) is 9.59 Å². The maximum atomic E-state index is 11.7. The highest BCUT2D eigenvalue weighted by atomic mass is 16.4. The van der Waals surface area contributed by atoms with Gasteiger partial charge in [-0.2, -0.15) is 0 Å². The third kappa shape index (κ3) is 6.29. The minimum Gasteiger partial charge on any atom is -0.481 e. The van der Waals surface area contributed by atoms with E-state index in [2.05, 4.69) is 5.32 Å². The Balaban J connectivity index is 2.25. The summed E-state index contributed by atoms with van der Waals surface area (Å²) >= 11 is 0. The molecule has 0 spiro atoms. The van der Waals surface area contributed by atoms with Crippen LogP contribution in [0.1, 0.15) is 58.3 Å². The summed E-state index contributed by atoms with van der Waals surface area (Å²) in [6.07, 6.45) is 7.86. The topological polar surface area (TPSA) is 66.4 Å². The molecular weight excluding hydrogens is 218 g/mol. The molecule has 1 atom stereocenters. The van der Waals surface area contributed by atoms with Crippen molar-refractivity contribution in [2.75, 3.05) is 0 Å². The molecule has 0 heterocycles. The molecule has 0 radical (unpaired) electrons. The highest BCUT2D eigenvalue weighted by molar-refractivity contribution is 5.77. The lowest BCUT2D eigenvalue weighted by Gasteiger charge is -2.16. The SMILES string of the molecule is CC(CC(=O)O)NC(=O)CC1CCCCCC1. The Hall–Kier alpha value is -1.06. The lowest BCUT2D eigenvalue weighted by atomic mass is 9.96. The van der Waals surface area contributed by atoms with E-state index in [0.29, 0.717) is 12.3 Å². The summed E-state index contributed by atoms with van der Waals surface area (Å²) in [7, 11) is 0. The first-order valence-corrected chi connectivity index (χ1v) is 6.59. The molecule has 0 aromatic carbocycles. The molecule has 0 aliphatic heterocycles. The van der Waals surface area contributed by atoms with Crippen LogP contribution in [0.4, 0.5) is 0 Å². The Morgan fingerprint density at radius 3 is 2.35 bits per heavy atom. The number of aliphatic carboxylic acids is 1. The van der Waals surface area contributed by atoms with Gasteiger partial charge in [0.25, 0.3) is 0 Å². The predicted molar refractivity (Wildman–Crippen MR) is 65.7 cm³/mol. The second-order valence-electron chi connectivity index (χ2n) is 5.13. The van der Waals surface area contributed by atoms with E-state index in [1.165, 1.54) is 25.7 Å². The first-order valence-electron chi connectivity index (χ1n) is 6.59. The molecule has 4 nitrogen and oxygen atoms in total. The van der Waals surface area contributed by atoms with Crippen molar-refractivity contribution in [3.63, 3.8) is 0 Å². The molecule has 0 bridgehead atoms. The molecule has 1 saturated carbocycles. The van der Waals surface area contributed by atoms with E-state index >= 15 is 0 Å². The standard InChI is InChI=1S/C13H23NO3/c1-10(8-13(16)17)14-12(15)9-11-6-4-2-3-5-7-11/h10-11H,2-9H2,1H3,(H,14,15)(H,16,17). The molecule has 1 unspecified atom stereocenters. The zero-order valence-corrected chi connectivity index (χ0v) is 10.6. The quantitative estimate of drug-likeness (QED) is 0.726. The number of nitrogens with one attached hydrogen (secondary N) is 1. The third-order valence-corrected chi connectivity index (χ3v) is 3.34. The Kier molecular flexibility index (Phi) is 6.01. The average Bonchev–Trinajstić information content (AvgIpc) is 2.44. The van der Waals surface area contributed by atoms with Crippen molar-refractivity contribution in [1.82, 2.24) is 5.32 Å². The van der Waals surface area contributed by atoms with Crippen LogP contribution < -0.4 is 5.32 Å². The Bertz CT molecular complexity index is 257. The van der Waals surface area contributed by atoms with Gasteiger partial charge in [0, 0.05) is 12.5 Å². The van der Waals surface area contributed by atoms with Gasteiger partial charge in [0.1, 0.15) is 0 Å². The summed E-state index contributed by atoms with van der Waals surface area (Å²) in [5, 5.41) is 11.4. The summed E-state index contributed by atoms with van der Waals surface area (Å²) in [4.78, 5) is 22.2. The number of rotatable bonds is 5. The molecule has 1 rings (SSSR count). The van der Waals surface area contributed by atoms with E-state index < -0.39 is 5.97 Å². The number of hydrogen-bond acceptors (Lipinski definition) is 2. The molecule has 98 valence electrons. The van der Waals surface area contributed by atoms with Crippen LogP contribution in [0.25, 0.3) is 0 Å². The Morgan fingerprint density at radius 2 is 1.82 bits per heavy atom. The summed E-state index contributed by atoms with van der Waals surface area (Å²) in [6.45, 7) is 1.74. The molecule has 17 heavy (non-hydrogen) atoms. The number of carboxylic acids is 1. The van der Waals surface area contributed by atoms with Crippen LogP contribution in [0, 0.1) is 5.92 Å². The summed E-state index contributed by atoms with van der Waals surface area (Å²) in [6, 6.07) is -0.272. The van der Waals surface area contributed by atoms with Gasteiger partial charge in [-0.3, -0.25) is 9.59 Å². The monoisotopic (exact) mass is 241 g/mol. The lowest BCUT2D eigenvalue weighted by Crippen LogP contribution is -2.35. The molecule has 1 aliphatic carbocycles. The first kappa shape index (κ1) is 14.0. The van der Waals surface area contributed by atoms with Gasteiger partial charge in [-0.15, -0.1) is 0 Å². The van der Waals surface area contributed by atoms with Gasteiger partial charge in [-0.1, -0.05) is 25.7 Å². The smallest absolute Gasteiger partial charge is 0.305 e. The van der Waals surface area contributed by atoms with Crippen molar-refractivity contribution in [2.45, 2.75) is 64.3 Å². The van der Waals surface area contributed by atoms with Crippen LogP contribution in [-0.4, -0.2) is 23.0 Å². The zero-order chi connectivity index (χ0) is 12.7. The fraction of sp³-hybridized carbons (Fsp3) is 0.846. The van der Waals surface area contributed by atoms with E-state index in [1.54, 1.807) is 6.92 Å². The minimum atomic E-state index is -0.868. The summed E-state index contributed by atoms with van der Waals surface area (Å²) in [5.41, 5.74) is 0. The second kappa shape index (κ2) is 7.30. The molecule has 1 aliphatic rings. The van der Waals surface area contributed by atoms with E-state index in [0.717, 1.165) is 12.8 Å². The van der Waals surface area contributed by atoms with Crippen molar-refractivity contribution in [3.05, 3.63) is 0 Å². The fourth-order valence-electron chi connectivity index (χ4n) is 2.48. The van der Waals surface area contributed by atoms with Gasteiger partial charge in [0.2, 0.25) is 5.91 Å². The van der Waals surface area contributed by atoms with Crippen molar-refractivity contribution >= 4 is 11.9 Å².